The summed E-state index contributed by atoms with van der Waals surface area (Å²) in [5, 5.41) is 4.18. The van der Waals surface area contributed by atoms with Gasteiger partial charge in [0.15, 0.2) is 0 Å². The quantitative estimate of drug-likeness (QED) is 0.336. The van der Waals surface area contributed by atoms with Crippen molar-refractivity contribution in [3.63, 3.8) is 0 Å². The zero-order chi connectivity index (χ0) is 4.24. The predicted octanol–water partition coefficient (Wildman–Crippen LogP) is -1.45. The molecule has 0 unspecified atom stereocenters. The van der Waals surface area contributed by atoms with E-state index in [-0.39, 0.29) is 29.6 Å². The third kappa shape index (κ3) is 3.53. The summed E-state index contributed by atoms with van der Waals surface area (Å²) >= 11 is 0. The largest absolute Gasteiger partial charge is 1.00 e. The van der Waals surface area contributed by atoms with Gasteiger partial charge in [0.05, 0.1) is 0 Å². The summed E-state index contributed by atoms with van der Waals surface area (Å²) in [5.74, 6) is 0. The molecule has 1 aliphatic heterocycles. The summed E-state index contributed by atoms with van der Waals surface area (Å²) < 4.78 is 0. The van der Waals surface area contributed by atoms with Crippen LogP contribution in [0.15, 0.2) is 0 Å². The molecule has 1 saturated heterocycles. The average Bonchev–Trinajstić information content (AvgIpc) is 1.72. The molecule has 0 aromatic rings. The van der Waals surface area contributed by atoms with E-state index in [1.54, 1.807) is 0 Å². The van der Waals surface area contributed by atoms with Gasteiger partial charge in [0.25, 0.3) is 0 Å². The van der Waals surface area contributed by atoms with E-state index in [9.17, 15) is 0 Å². The Morgan fingerprint density at radius 3 is 1.57 bits per heavy atom. The number of hydrogen-bond acceptors (Lipinski definition) is 0. The first-order chi connectivity index (χ1) is 3.00. The number of hydrogen-bond donors (Lipinski definition) is 0. The van der Waals surface area contributed by atoms with E-state index in [4.69, 9.17) is 0 Å². The Kier molecular flexibility index (Phi) is 5.80. The fraction of sp³-hybridized carbons (Fsp3) is 1.00. The molecule has 0 aliphatic carbocycles. The maximum absolute atomic E-state index is 4.18. The molecular weight excluding hydrogens is 97.1 g/mol. The molecule has 0 bridgehead atoms. The normalized spacial score (nSPS) is 20.6. The zero-order valence-electron chi connectivity index (χ0n) is 4.98. The van der Waals surface area contributed by atoms with Crippen molar-refractivity contribution in [1.29, 1.82) is 0 Å². The van der Waals surface area contributed by atoms with Crippen molar-refractivity contribution in [1.82, 2.24) is 0 Å². The fourth-order valence-electron chi connectivity index (χ4n) is 0.736. The summed E-state index contributed by atoms with van der Waals surface area (Å²) in [5.41, 5.74) is 0. The molecule has 0 aromatic carbocycles. The Hall–Kier alpha value is 0.960. The molecule has 1 aliphatic rings. The van der Waals surface area contributed by atoms with Gasteiger partial charge in [-0.05, 0) is 0 Å². The van der Waals surface area contributed by atoms with Crippen LogP contribution in [-0.4, -0.2) is 13.1 Å². The van der Waals surface area contributed by atoms with Crippen LogP contribution in [0.4, 0.5) is 0 Å². The van der Waals surface area contributed by atoms with Gasteiger partial charge in [-0.3, -0.25) is 0 Å². The van der Waals surface area contributed by atoms with Crippen molar-refractivity contribution < 1.29 is 29.6 Å². The van der Waals surface area contributed by atoms with E-state index >= 15 is 0 Å². The van der Waals surface area contributed by atoms with E-state index in [1.807, 2.05) is 0 Å². The summed E-state index contributed by atoms with van der Waals surface area (Å²) in [6, 6.07) is 0. The first kappa shape index (κ1) is 7.96. The molecule has 1 rings (SSSR count). The minimum absolute atomic E-state index is 0. The summed E-state index contributed by atoms with van der Waals surface area (Å²) in [7, 11) is 0. The van der Waals surface area contributed by atoms with Crippen LogP contribution in [0.1, 0.15) is 19.3 Å². The van der Waals surface area contributed by atoms with Gasteiger partial charge in [-0.1, -0.05) is 19.3 Å². The van der Waals surface area contributed by atoms with Crippen LogP contribution in [0.5, 0.6) is 0 Å². The third-order valence-electron chi connectivity index (χ3n) is 1.13. The van der Waals surface area contributed by atoms with Gasteiger partial charge in [-0.15, -0.1) is 13.1 Å². The summed E-state index contributed by atoms with van der Waals surface area (Å²) in [6.07, 6.45) is 4.07. The fourth-order valence-corrected chi connectivity index (χ4v) is 0.736. The van der Waals surface area contributed by atoms with Gasteiger partial charge < -0.3 is 5.32 Å². The van der Waals surface area contributed by atoms with Crippen molar-refractivity contribution in [2.24, 2.45) is 0 Å². The third-order valence-corrected chi connectivity index (χ3v) is 1.13. The molecule has 0 aromatic heterocycles. The Bertz CT molecular complexity index is 23.6. The molecule has 1 fully saturated rings. The molecule has 36 valence electrons. The second kappa shape index (κ2) is 5.10. The summed E-state index contributed by atoms with van der Waals surface area (Å²) in [4.78, 5) is 0. The molecule has 0 radical (unpaired) electrons. The summed E-state index contributed by atoms with van der Waals surface area (Å²) in [6.45, 7) is 2.25. The molecule has 0 atom stereocenters. The van der Waals surface area contributed by atoms with Gasteiger partial charge in [-0.25, -0.2) is 0 Å². The molecule has 0 N–H and O–H groups in total. The average molecular weight is 107 g/mol. The van der Waals surface area contributed by atoms with E-state index in [0.29, 0.717) is 0 Å². The van der Waals surface area contributed by atoms with Crippen LogP contribution in [0, 0.1) is 0 Å². The smallest absolute Gasteiger partial charge is 0.662 e. The van der Waals surface area contributed by atoms with Crippen molar-refractivity contribution >= 4 is 0 Å². The Balaban J connectivity index is 0.000000360. The van der Waals surface area contributed by atoms with Crippen LogP contribution in [0.25, 0.3) is 5.32 Å². The molecule has 1 nitrogen and oxygen atoms in total. The van der Waals surface area contributed by atoms with E-state index in [0.717, 1.165) is 13.1 Å². The monoisotopic (exact) mass is 107 g/mol. The van der Waals surface area contributed by atoms with Crippen molar-refractivity contribution in [2.75, 3.05) is 13.1 Å². The van der Waals surface area contributed by atoms with Gasteiger partial charge >= 0.3 is 29.6 Å². The zero-order valence-corrected chi connectivity index (χ0v) is 6.98. The topological polar surface area (TPSA) is 14.1 Å². The predicted molar refractivity (Wildman–Crippen MR) is 26.9 cm³/mol. The molecule has 2 heteroatoms. The minimum atomic E-state index is 0. The Labute approximate surface area is 67.2 Å². The maximum atomic E-state index is 4.18. The maximum Gasteiger partial charge on any atom is 1.00 e. The standard InChI is InChI=1S/C5H10N.Na/c1-2-4-6-5-3-1;/h1-5H2;/q-1;+1. The van der Waals surface area contributed by atoms with Crippen LogP contribution in [-0.2, 0) is 0 Å². The second-order valence-corrected chi connectivity index (χ2v) is 1.73. The molecule has 0 saturated carbocycles. The Morgan fingerprint density at radius 1 is 0.857 bits per heavy atom. The molecule has 0 spiro atoms. The number of rotatable bonds is 0. The first-order valence-electron chi connectivity index (χ1n) is 2.63. The SMILES string of the molecule is C1CC[N-]CC1.[Na+]. The van der Waals surface area contributed by atoms with Crippen LogP contribution < -0.4 is 29.6 Å². The molecule has 0 amide bonds. The van der Waals surface area contributed by atoms with Crippen LogP contribution >= 0.6 is 0 Å². The Morgan fingerprint density at radius 2 is 1.43 bits per heavy atom. The first-order valence-corrected chi connectivity index (χ1v) is 2.63. The van der Waals surface area contributed by atoms with Crippen molar-refractivity contribution in [3.05, 3.63) is 5.32 Å². The number of nitrogens with zero attached hydrogens (tertiary/aromatic N) is 1. The molecule has 7 heavy (non-hydrogen) atoms. The van der Waals surface area contributed by atoms with Gasteiger partial charge in [0, 0.05) is 0 Å². The molecular formula is C5H10NNa. The van der Waals surface area contributed by atoms with Crippen LogP contribution in [0.3, 0.4) is 0 Å². The van der Waals surface area contributed by atoms with Gasteiger partial charge in [0.2, 0.25) is 0 Å². The molecule has 1 heterocycles. The van der Waals surface area contributed by atoms with Crippen LogP contribution in [0.2, 0.25) is 0 Å². The van der Waals surface area contributed by atoms with Crippen molar-refractivity contribution in [3.8, 4) is 0 Å². The van der Waals surface area contributed by atoms with Gasteiger partial charge in [-0.2, -0.15) is 0 Å². The van der Waals surface area contributed by atoms with Gasteiger partial charge in [0.1, 0.15) is 0 Å². The van der Waals surface area contributed by atoms with E-state index in [1.165, 1.54) is 19.3 Å². The van der Waals surface area contributed by atoms with Crippen molar-refractivity contribution in [2.45, 2.75) is 19.3 Å². The number of piperidine rings is 1. The second-order valence-electron chi connectivity index (χ2n) is 1.73. The van der Waals surface area contributed by atoms with E-state index in [2.05, 4.69) is 5.32 Å². The van der Waals surface area contributed by atoms with E-state index < -0.39 is 0 Å². The minimum Gasteiger partial charge on any atom is -0.662 e.